The Labute approximate surface area is 514 Å². The van der Waals surface area contributed by atoms with Crippen LogP contribution in [0.5, 0.6) is 0 Å². The average molecular weight is 1230 g/mol. The first-order valence-corrected chi connectivity index (χ1v) is 34.8. The van der Waals surface area contributed by atoms with Crippen molar-refractivity contribution >= 4 is 90.7 Å². The summed E-state index contributed by atoms with van der Waals surface area (Å²) in [6.45, 7) is 9.01. The van der Waals surface area contributed by atoms with Gasteiger partial charge in [-0.05, 0) is 119 Å². The van der Waals surface area contributed by atoms with Gasteiger partial charge in [0.05, 0.1) is 9.79 Å². The van der Waals surface area contributed by atoms with Gasteiger partial charge in [-0.15, -0.1) is 0 Å². The normalized spacial score (nSPS) is 11.8. The van der Waals surface area contributed by atoms with E-state index in [1.54, 1.807) is 12.1 Å². The van der Waals surface area contributed by atoms with Crippen LogP contribution in [0.3, 0.4) is 0 Å². The van der Waals surface area contributed by atoms with Crippen molar-refractivity contribution < 1.29 is 25.9 Å². The molecule has 4 aromatic rings. The summed E-state index contributed by atoms with van der Waals surface area (Å²) in [6.07, 6.45) is 54.0. The zero-order valence-electron chi connectivity index (χ0n) is 49.9. The van der Waals surface area contributed by atoms with Crippen LogP contribution >= 0.6 is 0 Å². The molecule has 0 N–H and O–H groups in total. The number of unbranched alkanes of at least 4 members (excludes halogenated alkanes) is 36. The summed E-state index contributed by atoms with van der Waals surface area (Å²) in [5.41, 5.74) is 3.72. The molecule has 9 heteroatoms. The third-order valence-electron chi connectivity index (χ3n) is 16.0. The fourth-order valence-electron chi connectivity index (χ4n) is 11.3. The molecule has 0 bridgehead atoms. The minimum Gasteiger partial charge on any atom is -0.744 e. The van der Waals surface area contributed by atoms with Crippen molar-refractivity contribution in [2.45, 2.75) is 320 Å². The predicted octanol–water partition coefficient (Wildman–Crippen LogP) is 21.0. The Bertz CT molecular complexity index is 2160. The van der Waals surface area contributed by atoms with E-state index in [0.29, 0.717) is 24.0 Å². The van der Waals surface area contributed by atoms with E-state index in [1.165, 1.54) is 218 Å². The second-order valence-corrected chi connectivity index (χ2v) is 25.5. The molecule has 0 saturated carbocycles. The van der Waals surface area contributed by atoms with E-state index in [1.807, 2.05) is 12.1 Å². The molecule has 0 aliphatic heterocycles. The first-order valence-electron chi connectivity index (χ1n) is 31.9. The molecule has 0 spiro atoms. The molecule has 0 atom stereocenters. The van der Waals surface area contributed by atoms with Crippen LogP contribution < -0.4 is 0 Å². The van der Waals surface area contributed by atoms with E-state index in [9.17, 15) is 25.9 Å². The first kappa shape index (κ1) is 71.9. The molecule has 0 saturated heterocycles. The average Bonchev–Trinajstić information content (AvgIpc) is 3.41. The number of aryl methyl sites for hydroxylation is 4. The predicted molar refractivity (Wildman–Crippen MR) is 332 cm³/mol. The second kappa shape index (κ2) is 45.3. The zero-order valence-corrected chi connectivity index (χ0v) is 55.9. The first-order chi connectivity index (χ1) is 36.9. The molecule has 4 aromatic carbocycles. The van der Waals surface area contributed by atoms with E-state index in [4.69, 9.17) is 0 Å². The van der Waals surface area contributed by atoms with Gasteiger partial charge in [-0.3, -0.25) is 0 Å². The molecule has 432 valence electrons. The number of rotatable bonds is 46. The van der Waals surface area contributed by atoms with Crippen molar-refractivity contribution in [2.75, 3.05) is 0 Å². The van der Waals surface area contributed by atoms with Crippen molar-refractivity contribution in [2.24, 2.45) is 0 Å². The number of benzene rings is 4. The van der Waals surface area contributed by atoms with E-state index in [-0.39, 0.29) is 58.7 Å². The molecule has 6 nitrogen and oxygen atoms in total. The largest absolute Gasteiger partial charge is 2.00 e. The molecular weight excluding hydrogens is 1110 g/mol. The van der Waals surface area contributed by atoms with Crippen molar-refractivity contribution in [3.63, 3.8) is 0 Å². The minimum absolute atomic E-state index is 0. The molecule has 0 fully saturated rings. The Morgan fingerprint density at radius 2 is 0.494 bits per heavy atom. The molecule has 77 heavy (non-hydrogen) atoms. The second-order valence-electron chi connectivity index (χ2n) is 22.8. The summed E-state index contributed by atoms with van der Waals surface area (Å²) >= 11 is 0. The number of hydrogen-bond acceptors (Lipinski definition) is 6. The summed E-state index contributed by atoms with van der Waals surface area (Å²) in [5, 5.41) is 3.99. The summed E-state index contributed by atoms with van der Waals surface area (Å²) in [5.74, 6) is 0. The molecule has 0 aliphatic rings. The van der Waals surface area contributed by atoms with Gasteiger partial charge in [-0.2, -0.15) is 0 Å². The zero-order chi connectivity index (χ0) is 55.0. The SMILES string of the molecule is CCCCCCCCCCCCc1cc2cccc(CCCCCCCCCCCC)c2cc1S(=O)(=O)[O-].CCCCCCCCCCCCc1cc2cccc(CCCCCCCCCCCC)c2cc1S(=O)(=O)[O-].[Ba+2]. The fraction of sp³-hybridized carbons (Fsp3) is 0.706. The Balaban J connectivity index is 0.000000520. The van der Waals surface area contributed by atoms with Crippen LogP contribution in [0.1, 0.15) is 307 Å². The van der Waals surface area contributed by atoms with Gasteiger partial charge in [0.15, 0.2) is 0 Å². The van der Waals surface area contributed by atoms with E-state index in [0.717, 1.165) is 84.0 Å². The van der Waals surface area contributed by atoms with Crippen molar-refractivity contribution in [3.8, 4) is 0 Å². The quantitative estimate of drug-likeness (QED) is 0.0247. The van der Waals surface area contributed by atoms with Gasteiger partial charge in [-0.25, -0.2) is 16.8 Å². The van der Waals surface area contributed by atoms with Crippen LogP contribution in [0.4, 0.5) is 0 Å². The molecule has 0 radical (unpaired) electrons. The summed E-state index contributed by atoms with van der Waals surface area (Å²) in [4.78, 5) is -0.00658. The monoisotopic (exact) mass is 1220 g/mol. The van der Waals surface area contributed by atoms with Gasteiger partial charge in [0, 0.05) is 0 Å². The molecule has 0 aliphatic carbocycles. The summed E-state index contributed by atoms with van der Waals surface area (Å²) in [6, 6.07) is 19.7. The van der Waals surface area contributed by atoms with Crippen molar-refractivity contribution in [1.82, 2.24) is 0 Å². The van der Waals surface area contributed by atoms with Crippen molar-refractivity contribution in [3.05, 3.63) is 82.9 Å². The van der Waals surface area contributed by atoms with E-state index < -0.39 is 20.2 Å². The van der Waals surface area contributed by atoms with Crippen LogP contribution in [0, 0.1) is 0 Å². The van der Waals surface area contributed by atoms with Crippen LogP contribution in [0.25, 0.3) is 21.5 Å². The Morgan fingerprint density at radius 3 is 0.714 bits per heavy atom. The Kier molecular flexibility index (Phi) is 42.3. The topological polar surface area (TPSA) is 114 Å². The fourth-order valence-corrected chi connectivity index (χ4v) is 12.8. The van der Waals surface area contributed by atoms with E-state index in [2.05, 4.69) is 64.1 Å². The molecule has 0 unspecified atom stereocenters. The summed E-state index contributed by atoms with van der Waals surface area (Å²) < 4.78 is 73.1. The third kappa shape index (κ3) is 32.3. The van der Waals surface area contributed by atoms with Crippen molar-refractivity contribution in [1.29, 1.82) is 0 Å². The van der Waals surface area contributed by atoms with Crippen LogP contribution in [-0.4, -0.2) is 74.8 Å². The smallest absolute Gasteiger partial charge is 0.744 e. The summed E-state index contributed by atoms with van der Waals surface area (Å²) in [7, 11) is -9.00. The Hall–Kier alpha value is -1.21. The minimum atomic E-state index is -4.50. The standard InChI is InChI=1S/2C34H56O3S.Ba/c2*1-3-5-7-9-11-13-15-17-19-21-24-30-26-23-27-31-28-32(34(29-33(30)31)38(35,36)37)25-22-20-18-16-14-12-10-8-6-4-2;/h2*23,26-29H,3-22,24-25H2,1-2H3,(H,35,36,37);/q;;+2/p-2. The maximum Gasteiger partial charge on any atom is 2.00 e. The van der Waals surface area contributed by atoms with E-state index >= 15 is 0 Å². The van der Waals surface area contributed by atoms with Crippen LogP contribution in [0.2, 0.25) is 0 Å². The molecule has 4 rings (SSSR count). The Morgan fingerprint density at radius 1 is 0.286 bits per heavy atom. The molecule has 0 aromatic heterocycles. The van der Waals surface area contributed by atoms with Gasteiger partial charge >= 0.3 is 48.9 Å². The van der Waals surface area contributed by atoms with Gasteiger partial charge in [0.1, 0.15) is 20.2 Å². The number of hydrogen-bond donors (Lipinski definition) is 0. The number of fused-ring (bicyclic) bond motifs is 2. The van der Waals surface area contributed by atoms with Gasteiger partial charge in [0.2, 0.25) is 0 Å². The van der Waals surface area contributed by atoms with Gasteiger partial charge in [0.25, 0.3) is 0 Å². The van der Waals surface area contributed by atoms with Crippen LogP contribution in [0.15, 0.2) is 70.5 Å². The third-order valence-corrected chi connectivity index (χ3v) is 17.9. The maximum atomic E-state index is 12.2. The molecule has 0 heterocycles. The molecular formula is C68H110BaO6S2. The van der Waals surface area contributed by atoms with Crippen LogP contribution in [-0.2, 0) is 45.9 Å². The maximum absolute atomic E-state index is 12.2. The molecule has 0 amide bonds. The van der Waals surface area contributed by atoms with Gasteiger partial charge in [-0.1, -0.05) is 295 Å². The van der Waals surface area contributed by atoms with Gasteiger partial charge < -0.3 is 9.11 Å².